The van der Waals surface area contributed by atoms with Crippen LogP contribution in [0.1, 0.15) is 95.7 Å². The summed E-state index contributed by atoms with van der Waals surface area (Å²) in [5.41, 5.74) is 5.89. The smallest absolute Gasteiger partial charge is 0.0961 e. The van der Waals surface area contributed by atoms with Gasteiger partial charge >= 0.3 is 0 Å². The molecule has 0 radical (unpaired) electrons. The van der Waals surface area contributed by atoms with Crippen molar-refractivity contribution in [3.8, 4) is 11.3 Å². The number of thiazole rings is 1. The average Bonchev–Trinajstić information content (AvgIpc) is 3.24. The Kier molecular flexibility index (Phi) is 7.99. The van der Waals surface area contributed by atoms with Gasteiger partial charge in [0.1, 0.15) is 0 Å². The van der Waals surface area contributed by atoms with E-state index in [-0.39, 0.29) is 10.8 Å². The first-order chi connectivity index (χ1) is 14.7. The van der Waals surface area contributed by atoms with Crippen LogP contribution in [-0.2, 0) is 10.8 Å². The van der Waals surface area contributed by atoms with Gasteiger partial charge in [-0.25, -0.2) is 4.98 Å². The largest absolute Gasteiger partial charge is 0.396 e. The summed E-state index contributed by atoms with van der Waals surface area (Å²) in [4.78, 5) is 7.55. The molecule has 1 atom stereocenters. The Morgan fingerprint density at radius 2 is 1.77 bits per heavy atom. The monoisotopic (exact) mass is 442 g/mol. The zero-order chi connectivity index (χ0) is 22.6. The normalized spacial score (nSPS) is 18.2. The maximum absolute atomic E-state index is 9.01. The topological polar surface area (TPSA) is 36.4 Å². The summed E-state index contributed by atoms with van der Waals surface area (Å²) in [6.07, 6.45) is 5.59. The second-order valence-electron chi connectivity index (χ2n) is 10.7. The molecule has 0 amide bonds. The van der Waals surface area contributed by atoms with Crippen molar-refractivity contribution in [1.82, 2.24) is 9.88 Å². The van der Waals surface area contributed by atoms with Crippen LogP contribution in [0.2, 0.25) is 0 Å². The minimum absolute atomic E-state index is 0.229. The maximum Gasteiger partial charge on any atom is 0.0961 e. The van der Waals surface area contributed by atoms with E-state index in [1.165, 1.54) is 34.5 Å². The van der Waals surface area contributed by atoms with Gasteiger partial charge < -0.3 is 10.0 Å². The predicted octanol–water partition coefficient (Wildman–Crippen LogP) is 6.75. The summed E-state index contributed by atoms with van der Waals surface area (Å²) >= 11 is 1.81. The highest BCUT2D eigenvalue weighted by Crippen LogP contribution is 2.46. The van der Waals surface area contributed by atoms with Crippen molar-refractivity contribution in [1.29, 1.82) is 0 Å². The number of hydrogen-bond acceptors (Lipinski definition) is 4. The van der Waals surface area contributed by atoms with Crippen molar-refractivity contribution >= 4 is 11.3 Å². The number of fused-ring (bicyclic) bond motifs is 1. The highest BCUT2D eigenvalue weighted by atomic mass is 32.1. The molecule has 172 valence electrons. The van der Waals surface area contributed by atoms with Crippen LogP contribution in [0.4, 0.5) is 0 Å². The lowest BCUT2D eigenvalue weighted by Gasteiger charge is -2.42. The second kappa shape index (κ2) is 10.1. The number of aliphatic hydroxyl groups excluding tert-OH is 1. The Morgan fingerprint density at radius 1 is 1.06 bits per heavy atom. The van der Waals surface area contributed by atoms with Crippen LogP contribution >= 0.6 is 11.3 Å². The van der Waals surface area contributed by atoms with Crippen LogP contribution in [0.5, 0.6) is 0 Å². The molecule has 0 aliphatic heterocycles. The zero-order valence-corrected chi connectivity index (χ0v) is 21.3. The van der Waals surface area contributed by atoms with Crippen LogP contribution in [0.3, 0.4) is 0 Å². The first-order valence-electron chi connectivity index (χ1n) is 12.1. The number of nitrogens with zero attached hydrogens (tertiary/aromatic N) is 2. The molecule has 3 rings (SSSR count). The number of aliphatic hydroxyl groups is 1. The van der Waals surface area contributed by atoms with Crippen LogP contribution in [0.25, 0.3) is 11.3 Å². The van der Waals surface area contributed by atoms with Crippen molar-refractivity contribution in [3.63, 3.8) is 0 Å². The fourth-order valence-electron chi connectivity index (χ4n) is 4.77. The van der Waals surface area contributed by atoms with E-state index in [1.54, 1.807) is 0 Å². The van der Waals surface area contributed by atoms with E-state index in [1.807, 2.05) is 11.3 Å². The highest BCUT2D eigenvalue weighted by Gasteiger charge is 2.37. The Hall–Kier alpha value is -1.23. The molecule has 0 spiro atoms. The van der Waals surface area contributed by atoms with Crippen molar-refractivity contribution in [3.05, 3.63) is 39.7 Å². The molecule has 2 aromatic rings. The summed E-state index contributed by atoms with van der Waals surface area (Å²) < 4.78 is 0. The van der Waals surface area contributed by atoms with Gasteiger partial charge in [-0.1, -0.05) is 53.7 Å². The molecule has 1 aromatic carbocycles. The Labute approximate surface area is 193 Å². The molecule has 1 heterocycles. The van der Waals surface area contributed by atoms with Gasteiger partial charge in [0, 0.05) is 23.5 Å². The van der Waals surface area contributed by atoms with Crippen molar-refractivity contribution in [2.45, 2.75) is 90.4 Å². The fourth-order valence-corrected chi connectivity index (χ4v) is 5.69. The van der Waals surface area contributed by atoms with Gasteiger partial charge in [-0.05, 0) is 79.8 Å². The molecule has 0 fully saturated rings. The molecule has 0 saturated heterocycles. The summed E-state index contributed by atoms with van der Waals surface area (Å²) in [7, 11) is 0. The SMILES string of the molecule is CCN(CCCCO)CCC(C)c1nc(-c2ccc3c(c2)C(C)(C)CCC3(C)C)cs1. The summed E-state index contributed by atoms with van der Waals surface area (Å²) in [6.45, 7) is 17.6. The molecular formula is C27H42N2OS. The quantitative estimate of drug-likeness (QED) is 0.414. The van der Waals surface area contributed by atoms with Crippen molar-refractivity contribution < 1.29 is 5.11 Å². The number of aromatic nitrogens is 1. The second-order valence-corrected chi connectivity index (χ2v) is 11.5. The summed E-state index contributed by atoms with van der Waals surface area (Å²) in [5, 5.41) is 12.5. The van der Waals surface area contributed by atoms with Gasteiger partial charge in [-0.3, -0.25) is 0 Å². The standard InChI is InChI=1S/C27H42N2OS/c1-7-29(15-8-9-17-30)16-12-20(2)25-28-24(19-31-25)21-10-11-22-23(18-21)27(5,6)14-13-26(22,3)4/h10-11,18-20,30H,7-9,12-17H2,1-6H3. The molecule has 31 heavy (non-hydrogen) atoms. The van der Waals surface area contributed by atoms with Gasteiger partial charge in [-0.2, -0.15) is 0 Å². The lowest BCUT2D eigenvalue weighted by atomic mass is 9.63. The molecule has 4 heteroatoms. The van der Waals surface area contributed by atoms with Crippen molar-refractivity contribution in [2.24, 2.45) is 0 Å². The molecule has 1 unspecified atom stereocenters. The summed E-state index contributed by atoms with van der Waals surface area (Å²) in [5.74, 6) is 0.471. The molecule has 1 aromatic heterocycles. The highest BCUT2D eigenvalue weighted by molar-refractivity contribution is 7.10. The molecule has 1 aliphatic rings. The van der Waals surface area contributed by atoms with E-state index in [0.29, 0.717) is 12.5 Å². The average molecular weight is 443 g/mol. The van der Waals surface area contributed by atoms with Gasteiger partial charge in [-0.15, -0.1) is 11.3 Å². The van der Waals surface area contributed by atoms with E-state index in [9.17, 15) is 0 Å². The van der Waals surface area contributed by atoms with Crippen LogP contribution < -0.4 is 0 Å². The third-order valence-corrected chi connectivity index (χ3v) is 8.38. The van der Waals surface area contributed by atoms with Crippen LogP contribution in [-0.4, -0.2) is 41.2 Å². The van der Waals surface area contributed by atoms with E-state index in [2.05, 4.69) is 70.0 Å². The Balaban J connectivity index is 1.71. The minimum Gasteiger partial charge on any atom is -0.396 e. The lowest BCUT2D eigenvalue weighted by molar-refractivity contribution is 0.243. The third-order valence-electron chi connectivity index (χ3n) is 7.30. The minimum atomic E-state index is 0.229. The number of unbranched alkanes of at least 4 members (excludes halogenated alkanes) is 1. The van der Waals surface area contributed by atoms with Gasteiger partial charge in [0.2, 0.25) is 0 Å². The summed E-state index contributed by atoms with van der Waals surface area (Å²) in [6, 6.07) is 7.06. The first kappa shape index (κ1) is 24.4. The van der Waals surface area contributed by atoms with Gasteiger partial charge in [0.05, 0.1) is 10.7 Å². The third kappa shape index (κ3) is 5.77. The van der Waals surface area contributed by atoms with E-state index >= 15 is 0 Å². The van der Waals surface area contributed by atoms with Gasteiger partial charge in [0.15, 0.2) is 0 Å². The van der Waals surface area contributed by atoms with Crippen molar-refractivity contribution in [2.75, 3.05) is 26.2 Å². The number of hydrogen-bond donors (Lipinski definition) is 1. The number of rotatable bonds is 10. The fraction of sp³-hybridized carbons (Fsp3) is 0.667. The zero-order valence-electron chi connectivity index (χ0n) is 20.5. The predicted molar refractivity (Wildman–Crippen MR) is 134 cm³/mol. The number of benzene rings is 1. The maximum atomic E-state index is 9.01. The van der Waals surface area contributed by atoms with E-state index < -0.39 is 0 Å². The lowest BCUT2D eigenvalue weighted by Crippen LogP contribution is -2.33. The van der Waals surface area contributed by atoms with E-state index in [0.717, 1.165) is 44.6 Å². The molecule has 0 saturated carbocycles. The molecule has 1 N–H and O–H groups in total. The molecule has 3 nitrogen and oxygen atoms in total. The van der Waals surface area contributed by atoms with Gasteiger partial charge in [0.25, 0.3) is 0 Å². The molecule has 1 aliphatic carbocycles. The van der Waals surface area contributed by atoms with E-state index in [4.69, 9.17) is 10.1 Å². The first-order valence-corrected chi connectivity index (χ1v) is 13.0. The Morgan fingerprint density at radius 3 is 2.45 bits per heavy atom. The van der Waals surface area contributed by atoms with Crippen LogP contribution in [0.15, 0.2) is 23.6 Å². The Bertz CT molecular complexity index is 855. The van der Waals surface area contributed by atoms with Crippen LogP contribution in [0, 0.1) is 0 Å². The molecule has 0 bridgehead atoms. The molecular weight excluding hydrogens is 400 g/mol.